The average molecular weight is 409 g/mol. The van der Waals surface area contributed by atoms with E-state index >= 15 is 0 Å². The number of nitrogens with zero attached hydrogens (tertiary/aromatic N) is 1. The first-order valence-corrected chi connectivity index (χ1v) is 10.7. The number of rotatable bonds is 5. The maximum Gasteiger partial charge on any atom is 0.263 e. The largest absolute Gasteiger partial charge is 0.481 e. The lowest BCUT2D eigenvalue weighted by Crippen LogP contribution is -2.46. The van der Waals surface area contributed by atoms with Crippen LogP contribution in [0.15, 0.2) is 54.6 Å². The van der Waals surface area contributed by atoms with E-state index in [1.54, 1.807) is 11.8 Å². The smallest absolute Gasteiger partial charge is 0.263 e. The van der Waals surface area contributed by atoms with Gasteiger partial charge in [0.25, 0.3) is 5.91 Å². The molecule has 1 saturated heterocycles. The summed E-state index contributed by atoms with van der Waals surface area (Å²) in [4.78, 5) is 27.1. The van der Waals surface area contributed by atoms with Crippen LogP contribution in [0.4, 0.5) is 5.69 Å². The molecule has 0 spiro atoms. The molecule has 0 bridgehead atoms. The molecular formula is C25H32N2O3. The van der Waals surface area contributed by atoms with Crippen molar-refractivity contribution in [3.8, 4) is 5.75 Å². The van der Waals surface area contributed by atoms with Gasteiger partial charge in [-0.2, -0.15) is 0 Å². The molecule has 0 aliphatic carbocycles. The fourth-order valence-corrected chi connectivity index (χ4v) is 3.67. The number of ether oxygens (including phenoxy) is 1. The Balaban J connectivity index is 1.49. The Bertz CT molecular complexity index is 848. The third-order valence-electron chi connectivity index (χ3n) is 5.60. The van der Waals surface area contributed by atoms with Crippen LogP contribution in [0.5, 0.6) is 5.75 Å². The number of para-hydroxylation sites is 1. The van der Waals surface area contributed by atoms with E-state index in [0.29, 0.717) is 31.7 Å². The quantitative estimate of drug-likeness (QED) is 0.785. The van der Waals surface area contributed by atoms with E-state index in [-0.39, 0.29) is 23.1 Å². The highest BCUT2D eigenvalue weighted by molar-refractivity contribution is 5.92. The predicted molar refractivity (Wildman–Crippen MR) is 120 cm³/mol. The van der Waals surface area contributed by atoms with Crippen molar-refractivity contribution < 1.29 is 14.3 Å². The highest BCUT2D eigenvalue weighted by Crippen LogP contribution is 2.25. The molecule has 1 fully saturated rings. The third kappa shape index (κ3) is 5.62. The molecule has 0 radical (unpaired) electrons. The molecular weight excluding hydrogens is 376 g/mol. The van der Waals surface area contributed by atoms with Crippen LogP contribution in [0.25, 0.3) is 0 Å². The van der Waals surface area contributed by atoms with Gasteiger partial charge in [-0.05, 0) is 55.0 Å². The summed E-state index contributed by atoms with van der Waals surface area (Å²) < 4.78 is 5.88. The van der Waals surface area contributed by atoms with Gasteiger partial charge in [0.15, 0.2) is 6.10 Å². The van der Waals surface area contributed by atoms with Crippen LogP contribution >= 0.6 is 0 Å². The average Bonchev–Trinajstić information content (AvgIpc) is 2.73. The summed E-state index contributed by atoms with van der Waals surface area (Å²) in [5.74, 6) is 0.616. The van der Waals surface area contributed by atoms with E-state index in [2.05, 4.69) is 26.1 Å². The van der Waals surface area contributed by atoms with Gasteiger partial charge in [0.05, 0.1) is 0 Å². The van der Waals surface area contributed by atoms with Gasteiger partial charge < -0.3 is 15.0 Å². The Labute approximate surface area is 179 Å². The van der Waals surface area contributed by atoms with Gasteiger partial charge in [-0.1, -0.05) is 51.1 Å². The summed E-state index contributed by atoms with van der Waals surface area (Å²) in [5, 5.41) is 2.96. The summed E-state index contributed by atoms with van der Waals surface area (Å²) in [5.41, 5.74) is 2.11. The lowest BCUT2D eigenvalue weighted by atomic mass is 9.87. The summed E-state index contributed by atoms with van der Waals surface area (Å²) >= 11 is 0. The lowest BCUT2D eigenvalue weighted by Gasteiger charge is -2.33. The Morgan fingerprint density at radius 3 is 2.17 bits per heavy atom. The molecule has 1 atom stereocenters. The van der Waals surface area contributed by atoms with Crippen molar-refractivity contribution in [1.29, 1.82) is 0 Å². The third-order valence-corrected chi connectivity index (χ3v) is 5.60. The van der Waals surface area contributed by atoms with Gasteiger partial charge >= 0.3 is 0 Å². The highest BCUT2D eigenvalue weighted by atomic mass is 16.5. The van der Waals surface area contributed by atoms with Crippen LogP contribution in [-0.2, 0) is 15.0 Å². The minimum absolute atomic E-state index is 0.0246. The van der Waals surface area contributed by atoms with Crippen LogP contribution in [0.1, 0.15) is 46.1 Å². The molecule has 2 aromatic carbocycles. The maximum absolute atomic E-state index is 12.8. The second kappa shape index (κ2) is 9.33. The van der Waals surface area contributed by atoms with Crippen LogP contribution < -0.4 is 10.1 Å². The molecule has 1 N–H and O–H groups in total. The zero-order valence-corrected chi connectivity index (χ0v) is 18.4. The van der Waals surface area contributed by atoms with Gasteiger partial charge in [0.2, 0.25) is 5.91 Å². The zero-order chi connectivity index (χ0) is 21.7. The molecule has 5 nitrogen and oxygen atoms in total. The molecule has 160 valence electrons. The van der Waals surface area contributed by atoms with Crippen molar-refractivity contribution >= 4 is 17.5 Å². The number of benzene rings is 2. The van der Waals surface area contributed by atoms with Gasteiger partial charge in [-0.3, -0.25) is 9.59 Å². The van der Waals surface area contributed by atoms with Crippen LogP contribution in [0, 0.1) is 5.92 Å². The summed E-state index contributed by atoms with van der Waals surface area (Å²) in [7, 11) is 0. The van der Waals surface area contributed by atoms with E-state index in [0.717, 1.165) is 5.69 Å². The Morgan fingerprint density at radius 1 is 1.00 bits per heavy atom. The fraction of sp³-hybridized carbons (Fsp3) is 0.440. The summed E-state index contributed by atoms with van der Waals surface area (Å²) in [6.07, 6.45) is 0.773. The summed E-state index contributed by atoms with van der Waals surface area (Å²) in [6, 6.07) is 17.4. The van der Waals surface area contributed by atoms with Crippen molar-refractivity contribution in [2.45, 2.75) is 52.1 Å². The molecule has 0 unspecified atom stereocenters. The number of carbonyl (C=O) groups excluding carboxylic acids is 2. The normalized spacial score (nSPS) is 16.1. The van der Waals surface area contributed by atoms with E-state index in [1.807, 2.05) is 54.6 Å². The van der Waals surface area contributed by atoms with Crippen molar-refractivity contribution in [1.82, 2.24) is 4.90 Å². The zero-order valence-electron chi connectivity index (χ0n) is 18.4. The molecule has 0 saturated carbocycles. The Kier molecular flexibility index (Phi) is 6.80. The molecule has 1 aliphatic rings. The van der Waals surface area contributed by atoms with Crippen LogP contribution in [0.2, 0.25) is 0 Å². The number of nitrogens with one attached hydrogen (secondary N) is 1. The minimum atomic E-state index is -0.555. The topological polar surface area (TPSA) is 58.6 Å². The molecule has 1 heterocycles. The van der Waals surface area contributed by atoms with Crippen molar-refractivity contribution in [2.75, 3.05) is 18.4 Å². The number of carbonyl (C=O) groups is 2. The second-order valence-electron chi connectivity index (χ2n) is 8.99. The van der Waals surface area contributed by atoms with Gasteiger partial charge in [0, 0.05) is 24.7 Å². The molecule has 1 aliphatic heterocycles. The molecule has 0 aromatic heterocycles. The standard InChI is InChI=1S/C25H32N2O3/c1-18(30-22-12-10-20(11-13-22)25(2,3)4)24(29)27-16-14-19(15-17-27)23(28)26-21-8-6-5-7-9-21/h5-13,18-19H,14-17H2,1-4H3,(H,26,28)/t18-/m1/s1. The number of amides is 2. The number of hydrogen-bond acceptors (Lipinski definition) is 3. The van der Waals surface area contributed by atoms with Gasteiger partial charge in [0.1, 0.15) is 5.75 Å². The first-order chi connectivity index (χ1) is 14.2. The lowest BCUT2D eigenvalue weighted by molar-refractivity contribution is -0.140. The van der Waals surface area contributed by atoms with Crippen molar-refractivity contribution in [3.05, 3.63) is 60.2 Å². The van der Waals surface area contributed by atoms with Crippen LogP contribution in [0.3, 0.4) is 0 Å². The molecule has 30 heavy (non-hydrogen) atoms. The number of piperidine rings is 1. The SMILES string of the molecule is C[C@@H](Oc1ccc(C(C)(C)C)cc1)C(=O)N1CCC(C(=O)Nc2ccccc2)CC1. The number of anilines is 1. The Hall–Kier alpha value is -2.82. The second-order valence-corrected chi connectivity index (χ2v) is 8.99. The predicted octanol–water partition coefficient (Wildman–Crippen LogP) is 4.63. The molecule has 2 amide bonds. The van der Waals surface area contributed by atoms with Crippen molar-refractivity contribution in [3.63, 3.8) is 0 Å². The highest BCUT2D eigenvalue weighted by Gasteiger charge is 2.30. The van der Waals surface area contributed by atoms with Gasteiger partial charge in [-0.15, -0.1) is 0 Å². The fourth-order valence-electron chi connectivity index (χ4n) is 3.67. The van der Waals surface area contributed by atoms with E-state index in [9.17, 15) is 9.59 Å². The minimum Gasteiger partial charge on any atom is -0.481 e. The monoisotopic (exact) mass is 408 g/mol. The first kappa shape index (κ1) is 21.9. The van der Waals surface area contributed by atoms with Gasteiger partial charge in [-0.25, -0.2) is 0 Å². The van der Waals surface area contributed by atoms with E-state index in [1.165, 1.54) is 5.56 Å². The number of likely N-dealkylation sites (tertiary alicyclic amines) is 1. The number of hydrogen-bond donors (Lipinski definition) is 1. The maximum atomic E-state index is 12.8. The molecule has 5 heteroatoms. The van der Waals surface area contributed by atoms with Crippen molar-refractivity contribution in [2.24, 2.45) is 5.92 Å². The van der Waals surface area contributed by atoms with E-state index < -0.39 is 6.10 Å². The first-order valence-electron chi connectivity index (χ1n) is 10.7. The molecule has 3 rings (SSSR count). The van der Waals surface area contributed by atoms with E-state index in [4.69, 9.17) is 4.74 Å². The molecule has 2 aromatic rings. The Morgan fingerprint density at radius 2 is 1.60 bits per heavy atom. The summed E-state index contributed by atoms with van der Waals surface area (Å²) in [6.45, 7) is 9.43. The van der Waals surface area contributed by atoms with Crippen LogP contribution in [-0.4, -0.2) is 35.9 Å².